The van der Waals surface area contributed by atoms with Crippen LogP contribution >= 0.6 is 0 Å². The minimum atomic E-state index is -0.319. The van der Waals surface area contributed by atoms with Crippen LogP contribution in [0.25, 0.3) is 5.69 Å². The summed E-state index contributed by atoms with van der Waals surface area (Å²) in [7, 11) is 0. The average molecular weight is 316 g/mol. The molecule has 1 aromatic heterocycles. The third kappa shape index (κ3) is 3.59. The summed E-state index contributed by atoms with van der Waals surface area (Å²) in [5.41, 5.74) is 9.09. The summed E-state index contributed by atoms with van der Waals surface area (Å²) in [5.74, 6) is 0.0359. The molecule has 6 heteroatoms. The highest BCUT2D eigenvalue weighted by molar-refractivity contribution is 5.89. The Morgan fingerprint density at radius 1 is 1.22 bits per heavy atom. The van der Waals surface area contributed by atoms with E-state index in [1.54, 1.807) is 19.1 Å². The summed E-state index contributed by atoms with van der Waals surface area (Å²) in [6, 6.07) is 7.20. The van der Waals surface area contributed by atoms with E-state index in [0.29, 0.717) is 24.6 Å². The van der Waals surface area contributed by atoms with Gasteiger partial charge in [0.1, 0.15) is 5.69 Å². The molecule has 6 nitrogen and oxygen atoms in total. The van der Waals surface area contributed by atoms with Gasteiger partial charge in [0.2, 0.25) is 0 Å². The Kier molecular flexibility index (Phi) is 5.87. The van der Waals surface area contributed by atoms with Crippen molar-refractivity contribution in [1.82, 2.24) is 15.0 Å². The molecule has 1 heterocycles. The fourth-order valence-corrected chi connectivity index (χ4v) is 2.69. The molecule has 23 heavy (non-hydrogen) atoms. The molecule has 0 bridgehead atoms. The summed E-state index contributed by atoms with van der Waals surface area (Å²) in [6.07, 6.45) is 2.00. The first-order valence-corrected chi connectivity index (χ1v) is 8.08. The molecule has 1 aromatic carbocycles. The third-order valence-electron chi connectivity index (χ3n) is 3.97. The van der Waals surface area contributed by atoms with E-state index in [-0.39, 0.29) is 5.97 Å². The van der Waals surface area contributed by atoms with E-state index in [1.807, 2.05) is 16.8 Å². The first-order valence-electron chi connectivity index (χ1n) is 8.08. The molecular weight excluding hydrogens is 292 g/mol. The summed E-state index contributed by atoms with van der Waals surface area (Å²) in [5, 5.41) is 8.47. The highest BCUT2D eigenvalue weighted by Crippen LogP contribution is 2.27. The Balaban J connectivity index is 2.38. The van der Waals surface area contributed by atoms with Crippen molar-refractivity contribution in [3.63, 3.8) is 0 Å². The zero-order chi connectivity index (χ0) is 16.8. The second-order valence-electron chi connectivity index (χ2n) is 5.32. The molecule has 0 aliphatic carbocycles. The molecule has 0 aliphatic heterocycles. The maximum atomic E-state index is 11.7. The molecule has 0 radical (unpaired) electrons. The van der Waals surface area contributed by atoms with Gasteiger partial charge in [-0.1, -0.05) is 19.1 Å². The van der Waals surface area contributed by atoms with Crippen LogP contribution < -0.4 is 5.73 Å². The molecule has 0 saturated carbocycles. The monoisotopic (exact) mass is 316 g/mol. The lowest BCUT2D eigenvalue weighted by Crippen LogP contribution is -2.11. The number of rotatable bonds is 7. The third-order valence-corrected chi connectivity index (χ3v) is 3.97. The first-order chi connectivity index (χ1) is 11.2. The number of hydrogen-bond donors (Lipinski definition) is 1. The van der Waals surface area contributed by atoms with E-state index in [4.69, 9.17) is 10.5 Å². The summed E-state index contributed by atoms with van der Waals surface area (Å²) in [6.45, 7) is 6.82. The SMILES string of the molecule is CCOC(=O)c1ccc(-n2nnc(CN)c2C(CC)CC)cc1. The number of hydrogen-bond acceptors (Lipinski definition) is 5. The maximum absolute atomic E-state index is 11.7. The summed E-state index contributed by atoms with van der Waals surface area (Å²) < 4.78 is 6.83. The van der Waals surface area contributed by atoms with E-state index >= 15 is 0 Å². The van der Waals surface area contributed by atoms with Crippen LogP contribution in [0, 0.1) is 0 Å². The molecule has 0 amide bonds. The van der Waals surface area contributed by atoms with E-state index in [2.05, 4.69) is 24.2 Å². The van der Waals surface area contributed by atoms with Crippen molar-refractivity contribution in [3.8, 4) is 5.69 Å². The Morgan fingerprint density at radius 3 is 2.39 bits per heavy atom. The van der Waals surface area contributed by atoms with Crippen LogP contribution in [0.3, 0.4) is 0 Å². The van der Waals surface area contributed by atoms with Crippen molar-refractivity contribution in [1.29, 1.82) is 0 Å². The Hall–Kier alpha value is -2.21. The molecule has 0 spiro atoms. The van der Waals surface area contributed by atoms with Gasteiger partial charge in [-0.25, -0.2) is 9.48 Å². The van der Waals surface area contributed by atoms with Gasteiger partial charge in [-0.05, 0) is 44.0 Å². The molecule has 0 aliphatic rings. The predicted octanol–water partition coefficient (Wildman–Crippen LogP) is 2.81. The highest BCUT2D eigenvalue weighted by atomic mass is 16.5. The predicted molar refractivity (Wildman–Crippen MR) is 88.5 cm³/mol. The van der Waals surface area contributed by atoms with E-state index in [1.165, 1.54) is 0 Å². The molecule has 2 rings (SSSR count). The standard InChI is InChI=1S/C17H24N4O2/c1-4-12(5-2)16-15(11-18)19-20-21(16)14-9-7-13(8-10-14)17(22)23-6-3/h7-10,12H,4-6,11,18H2,1-3H3. The number of nitrogens with two attached hydrogens (primary N) is 1. The van der Waals surface area contributed by atoms with Crippen molar-refractivity contribution in [3.05, 3.63) is 41.2 Å². The largest absolute Gasteiger partial charge is 0.462 e. The number of aromatic nitrogens is 3. The smallest absolute Gasteiger partial charge is 0.338 e. The number of benzene rings is 1. The van der Waals surface area contributed by atoms with Crippen LogP contribution in [0.15, 0.2) is 24.3 Å². The second-order valence-corrected chi connectivity index (χ2v) is 5.32. The fraction of sp³-hybridized carbons (Fsp3) is 0.471. The lowest BCUT2D eigenvalue weighted by atomic mass is 9.97. The normalized spacial score (nSPS) is 11.0. The molecule has 2 N–H and O–H groups in total. The molecule has 124 valence electrons. The van der Waals surface area contributed by atoms with Crippen LogP contribution in [0.1, 0.15) is 61.3 Å². The second kappa shape index (κ2) is 7.87. The number of carbonyl (C=O) groups is 1. The van der Waals surface area contributed by atoms with Crippen molar-refractivity contribution in [2.75, 3.05) is 6.61 Å². The topological polar surface area (TPSA) is 83.0 Å². The van der Waals surface area contributed by atoms with Crippen molar-refractivity contribution in [2.45, 2.75) is 46.1 Å². The average Bonchev–Trinajstić information content (AvgIpc) is 3.00. The van der Waals surface area contributed by atoms with Gasteiger partial charge in [-0.3, -0.25) is 0 Å². The summed E-state index contributed by atoms with van der Waals surface area (Å²) >= 11 is 0. The van der Waals surface area contributed by atoms with E-state index in [9.17, 15) is 4.79 Å². The number of carbonyl (C=O) groups excluding carboxylic acids is 1. The first kappa shape index (κ1) is 17.1. The fourth-order valence-electron chi connectivity index (χ4n) is 2.69. The van der Waals surface area contributed by atoms with Crippen LogP contribution in [0.4, 0.5) is 0 Å². The number of ether oxygens (including phenoxy) is 1. The quantitative estimate of drug-likeness (QED) is 0.794. The van der Waals surface area contributed by atoms with Gasteiger partial charge in [0.25, 0.3) is 0 Å². The van der Waals surface area contributed by atoms with Gasteiger partial charge in [-0.2, -0.15) is 0 Å². The number of esters is 1. The van der Waals surface area contributed by atoms with Crippen molar-refractivity contribution < 1.29 is 9.53 Å². The molecule has 0 saturated heterocycles. The zero-order valence-corrected chi connectivity index (χ0v) is 14.0. The van der Waals surface area contributed by atoms with Gasteiger partial charge in [-0.15, -0.1) is 5.10 Å². The number of nitrogens with zero attached hydrogens (tertiary/aromatic N) is 3. The van der Waals surface area contributed by atoms with Crippen molar-refractivity contribution in [2.24, 2.45) is 5.73 Å². The van der Waals surface area contributed by atoms with Gasteiger partial charge >= 0.3 is 5.97 Å². The molecule has 0 atom stereocenters. The van der Waals surface area contributed by atoms with Crippen LogP contribution in [0.2, 0.25) is 0 Å². The molecule has 2 aromatic rings. The Labute approximate surface area is 136 Å². The highest BCUT2D eigenvalue weighted by Gasteiger charge is 2.20. The van der Waals surface area contributed by atoms with E-state index in [0.717, 1.165) is 29.9 Å². The Bertz CT molecular complexity index is 645. The van der Waals surface area contributed by atoms with Crippen LogP contribution in [-0.4, -0.2) is 27.6 Å². The lowest BCUT2D eigenvalue weighted by Gasteiger charge is -2.16. The van der Waals surface area contributed by atoms with Crippen LogP contribution in [0.5, 0.6) is 0 Å². The maximum Gasteiger partial charge on any atom is 0.338 e. The Morgan fingerprint density at radius 2 is 1.87 bits per heavy atom. The lowest BCUT2D eigenvalue weighted by molar-refractivity contribution is 0.0526. The zero-order valence-electron chi connectivity index (χ0n) is 14.0. The van der Waals surface area contributed by atoms with Gasteiger partial charge in [0.15, 0.2) is 0 Å². The minimum Gasteiger partial charge on any atom is -0.462 e. The summed E-state index contributed by atoms with van der Waals surface area (Å²) in [4.78, 5) is 11.7. The minimum absolute atomic E-state index is 0.319. The van der Waals surface area contributed by atoms with Crippen LogP contribution in [-0.2, 0) is 11.3 Å². The molecule has 0 fully saturated rings. The van der Waals surface area contributed by atoms with E-state index < -0.39 is 0 Å². The van der Waals surface area contributed by atoms with Crippen molar-refractivity contribution >= 4 is 5.97 Å². The molecule has 0 unspecified atom stereocenters. The molecular formula is C17H24N4O2. The van der Waals surface area contributed by atoms with Gasteiger partial charge < -0.3 is 10.5 Å². The van der Waals surface area contributed by atoms with Gasteiger partial charge in [0.05, 0.1) is 23.6 Å². The van der Waals surface area contributed by atoms with Gasteiger partial charge in [0, 0.05) is 12.5 Å².